The van der Waals surface area contributed by atoms with Gasteiger partial charge in [-0.1, -0.05) is 53.9 Å². The quantitative estimate of drug-likeness (QED) is 0.487. The monoisotopic (exact) mass is 537 g/mol. The zero-order valence-corrected chi connectivity index (χ0v) is 21.2. The molecule has 1 N–H and O–H groups in total. The molecule has 7 nitrogen and oxygen atoms in total. The Morgan fingerprint density at radius 1 is 1.06 bits per heavy atom. The molecule has 0 saturated carbocycles. The number of sulfonamides is 1. The lowest BCUT2D eigenvalue weighted by molar-refractivity contribution is -0.140. The lowest BCUT2D eigenvalue weighted by atomic mass is 10.1. The summed E-state index contributed by atoms with van der Waals surface area (Å²) in [6.45, 7) is 1.03. The molecule has 0 fully saturated rings. The van der Waals surface area contributed by atoms with Gasteiger partial charge in [-0.3, -0.25) is 13.9 Å². The first kappa shape index (κ1) is 27.2. The zero-order valence-electron chi connectivity index (χ0n) is 18.1. The summed E-state index contributed by atoms with van der Waals surface area (Å²) in [5.41, 5.74) is 0.530. The van der Waals surface area contributed by atoms with Gasteiger partial charge in [0.15, 0.2) is 0 Å². The Bertz CT molecular complexity index is 1130. The van der Waals surface area contributed by atoms with E-state index >= 15 is 0 Å². The van der Waals surface area contributed by atoms with Crippen molar-refractivity contribution >= 4 is 62.3 Å². The Labute approximate surface area is 207 Å². The van der Waals surface area contributed by atoms with Crippen LogP contribution in [0.4, 0.5) is 10.1 Å². The number of hydrogen-bond donors (Lipinski definition) is 1. The largest absolute Gasteiger partial charge is 0.357 e. The highest BCUT2D eigenvalue weighted by Crippen LogP contribution is 2.35. The molecule has 0 aromatic heterocycles. The first-order chi connectivity index (χ1) is 15.4. The minimum Gasteiger partial charge on any atom is -0.357 e. The predicted octanol–water partition coefficient (Wildman–Crippen LogP) is 4.11. The molecule has 0 aliphatic carbocycles. The standard InChI is InChI=1S/C21H23Cl3FN3O4S/c1-4-18(21(30)26-2)27(11-13-5-7-14(25)8-6-13)20(29)12-28(33(3,31)32)19-10-16(23)15(22)9-17(19)24/h5-10,18H,4,11-12H2,1-3H3,(H,26,30)/t18-/m0/s1. The molecule has 0 aliphatic heterocycles. The van der Waals surface area contributed by atoms with Crippen molar-refractivity contribution < 1.29 is 22.4 Å². The number of carbonyl (C=O) groups is 2. The minimum atomic E-state index is -3.99. The molecule has 0 heterocycles. The molecular formula is C21H23Cl3FN3O4S. The van der Waals surface area contributed by atoms with Crippen molar-refractivity contribution in [3.05, 3.63) is 62.8 Å². The van der Waals surface area contributed by atoms with E-state index in [0.29, 0.717) is 5.56 Å². The number of nitrogens with zero attached hydrogens (tertiary/aromatic N) is 2. The number of nitrogens with one attached hydrogen (secondary N) is 1. The van der Waals surface area contributed by atoms with Gasteiger partial charge in [-0.15, -0.1) is 0 Å². The van der Waals surface area contributed by atoms with Crippen molar-refractivity contribution in [2.75, 3.05) is 24.2 Å². The van der Waals surface area contributed by atoms with Gasteiger partial charge in [0, 0.05) is 13.6 Å². The van der Waals surface area contributed by atoms with Gasteiger partial charge in [0.25, 0.3) is 0 Å². The third-order valence-electron chi connectivity index (χ3n) is 4.84. The van der Waals surface area contributed by atoms with Gasteiger partial charge >= 0.3 is 0 Å². The first-order valence-electron chi connectivity index (χ1n) is 9.76. The van der Waals surface area contributed by atoms with E-state index in [1.807, 2.05) is 0 Å². The van der Waals surface area contributed by atoms with E-state index in [0.717, 1.165) is 10.6 Å². The second-order valence-corrected chi connectivity index (χ2v) is 10.3. The number of anilines is 1. The lowest BCUT2D eigenvalue weighted by Gasteiger charge is -2.32. The first-order valence-corrected chi connectivity index (χ1v) is 12.7. The SMILES string of the molecule is CC[C@@H](C(=O)NC)N(Cc1ccc(F)cc1)C(=O)CN(c1cc(Cl)c(Cl)cc1Cl)S(C)(=O)=O. The van der Waals surface area contributed by atoms with Gasteiger partial charge in [-0.05, 0) is 36.2 Å². The van der Waals surface area contributed by atoms with Crippen LogP contribution in [0.3, 0.4) is 0 Å². The summed E-state index contributed by atoms with van der Waals surface area (Å²) in [4.78, 5) is 27.1. The number of rotatable bonds is 9. The van der Waals surface area contributed by atoms with Gasteiger partial charge in [0.1, 0.15) is 18.4 Å². The second-order valence-electron chi connectivity index (χ2n) is 7.17. The molecular weight excluding hydrogens is 516 g/mol. The normalized spacial score (nSPS) is 12.2. The van der Waals surface area contributed by atoms with Crippen LogP contribution in [0, 0.1) is 5.82 Å². The fraction of sp³-hybridized carbons (Fsp3) is 0.333. The maximum absolute atomic E-state index is 13.4. The van der Waals surface area contributed by atoms with Crippen LogP contribution in [-0.2, 0) is 26.2 Å². The average Bonchev–Trinajstić information content (AvgIpc) is 2.74. The highest BCUT2D eigenvalue weighted by Gasteiger charge is 2.32. The maximum Gasteiger partial charge on any atom is 0.244 e. The van der Waals surface area contributed by atoms with E-state index in [9.17, 15) is 22.4 Å². The van der Waals surface area contributed by atoms with E-state index in [1.165, 1.54) is 48.3 Å². The van der Waals surface area contributed by atoms with E-state index in [1.54, 1.807) is 6.92 Å². The molecule has 180 valence electrons. The molecule has 1 atom stereocenters. The third kappa shape index (κ3) is 6.96. The van der Waals surface area contributed by atoms with Crippen LogP contribution in [0.5, 0.6) is 0 Å². The summed E-state index contributed by atoms with van der Waals surface area (Å²) in [6.07, 6.45) is 1.18. The van der Waals surface area contributed by atoms with Crippen LogP contribution < -0.4 is 9.62 Å². The Balaban J connectivity index is 2.49. The smallest absolute Gasteiger partial charge is 0.244 e. The van der Waals surface area contributed by atoms with Gasteiger partial charge in [-0.2, -0.15) is 0 Å². The molecule has 2 aromatic rings. The number of carbonyl (C=O) groups excluding carboxylic acids is 2. The lowest BCUT2D eigenvalue weighted by Crippen LogP contribution is -2.51. The molecule has 0 bridgehead atoms. The van der Waals surface area contributed by atoms with Crippen molar-refractivity contribution in [3.63, 3.8) is 0 Å². The Morgan fingerprint density at radius 2 is 1.64 bits per heavy atom. The van der Waals surface area contributed by atoms with Gasteiger partial charge in [0.05, 0.1) is 27.0 Å². The van der Waals surface area contributed by atoms with Gasteiger partial charge in [-0.25, -0.2) is 12.8 Å². The fourth-order valence-corrected chi connectivity index (χ4v) is 4.72. The van der Waals surface area contributed by atoms with Crippen molar-refractivity contribution in [1.29, 1.82) is 0 Å². The number of halogens is 4. The van der Waals surface area contributed by atoms with Crippen LogP contribution in [-0.4, -0.2) is 51.0 Å². The summed E-state index contributed by atoms with van der Waals surface area (Å²) in [5.74, 6) is -1.54. The molecule has 0 radical (unpaired) electrons. The molecule has 2 amide bonds. The van der Waals surface area contributed by atoms with Gasteiger partial charge in [0.2, 0.25) is 21.8 Å². The maximum atomic E-state index is 13.4. The van der Waals surface area contributed by atoms with E-state index in [4.69, 9.17) is 34.8 Å². The average molecular weight is 539 g/mol. The summed E-state index contributed by atoms with van der Waals surface area (Å²) in [6, 6.07) is 7.07. The molecule has 2 rings (SSSR count). The third-order valence-corrected chi connectivity index (χ3v) is 6.99. The number of benzene rings is 2. The Kier molecular flexibility index (Phi) is 9.37. The van der Waals surface area contributed by atoms with Crippen LogP contribution in [0.25, 0.3) is 0 Å². The van der Waals surface area contributed by atoms with Crippen LogP contribution in [0.15, 0.2) is 36.4 Å². The number of likely N-dealkylation sites (N-methyl/N-ethyl adjacent to an activating group) is 1. The molecule has 0 saturated heterocycles. The van der Waals surface area contributed by atoms with Gasteiger partial charge < -0.3 is 10.2 Å². The predicted molar refractivity (Wildman–Crippen MR) is 129 cm³/mol. The van der Waals surface area contributed by atoms with E-state index in [-0.39, 0.29) is 33.7 Å². The summed E-state index contributed by atoms with van der Waals surface area (Å²) < 4.78 is 39.3. The summed E-state index contributed by atoms with van der Waals surface area (Å²) >= 11 is 18.2. The molecule has 0 aliphatic rings. The van der Waals surface area contributed by atoms with E-state index < -0.39 is 40.2 Å². The molecule has 0 spiro atoms. The molecule has 0 unspecified atom stereocenters. The topological polar surface area (TPSA) is 86.8 Å². The molecule has 2 aromatic carbocycles. The summed E-state index contributed by atoms with van der Waals surface area (Å²) in [5, 5.41) is 2.66. The van der Waals surface area contributed by atoms with Crippen molar-refractivity contribution in [2.45, 2.75) is 25.9 Å². The van der Waals surface area contributed by atoms with Crippen molar-refractivity contribution in [3.8, 4) is 0 Å². The van der Waals surface area contributed by atoms with Crippen LogP contribution in [0.2, 0.25) is 15.1 Å². The molecule has 33 heavy (non-hydrogen) atoms. The summed E-state index contributed by atoms with van der Waals surface area (Å²) in [7, 11) is -2.55. The zero-order chi connectivity index (χ0) is 24.9. The Morgan fingerprint density at radius 3 is 2.15 bits per heavy atom. The highest BCUT2D eigenvalue weighted by atomic mass is 35.5. The second kappa shape index (κ2) is 11.4. The minimum absolute atomic E-state index is 0.0222. The highest BCUT2D eigenvalue weighted by molar-refractivity contribution is 7.92. The van der Waals surface area contributed by atoms with Crippen LogP contribution in [0.1, 0.15) is 18.9 Å². The number of amides is 2. The molecule has 12 heteroatoms. The van der Waals surface area contributed by atoms with Crippen molar-refractivity contribution in [2.24, 2.45) is 0 Å². The van der Waals surface area contributed by atoms with E-state index in [2.05, 4.69) is 5.32 Å². The fourth-order valence-electron chi connectivity index (χ4n) is 3.17. The van der Waals surface area contributed by atoms with Crippen LogP contribution >= 0.6 is 34.8 Å². The Hall–Kier alpha value is -2.07. The number of hydrogen-bond acceptors (Lipinski definition) is 4. The van der Waals surface area contributed by atoms with Crippen molar-refractivity contribution in [1.82, 2.24) is 10.2 Å².